The molecule has 0 saturated carbocycles. The quantitative estimate of drug-likeness (QED) is 0.785. The standard InChI is InChI=1S/C16H17ClN2O4/c1-10(16(21)22-3)9-19(2)15(20)14-8-13(18-23-14)11-5-4-6-12(17)7-11/h4-8,10H,9H2,1-3H3. The van der Waals surface area contributed by atoms with Gasteiger partial charge in [-0.25, -0.2) is 0 Å². The summed E-state index contributed by atoms with van der Waals surface area (Å²) in [6.07, 6.45) is 0. The molecule has 0 spiro atoms. The zero-order valence-corrected chi connectivity index (χ0v) is 13.8. The number of halogens is 1. The van der Waals surface area contributed by atoms with Crippen LogP contribution >= 0.6 is 11.6 Å². The Morgan fingerprint density at radius 3 is 2.78 bits per heavy atom. The van der Waals surface area contributed by atoms with E-state index in [-0.39, 0.29) is 24.2 Å². The van der Waals surface area contributed by atoms with Crippen LogP contribution in [0.5, 0.6) is 0 Å². The van der Waals surface area contributed by atoms with E-state index in [4.69, 9.17) is 16.1 Å². The van der Waals surface area contributed by atoms with Crippen molar-refractivity contribution in [2.45, 2.75) is 6.92 Å². The molecule has 0 fully saturated rings. The minimum Gasteiger partial charge on any atom is -0.469 e. The van der Waals surface area contributed by atoms with Crippen LogP contribution in [0, 0.1) is 5.92 Å². The number of carbonyl (C=O) groups is 2. The van der Waals surface area contributed by atoms with Gasteiger partial charge in [0.05, 0.1) is 13.0 Å². The van der Waals surface area contributed by atoms with Gasteiger partial charge in [-0.05, 0) is 12.1 Å². The van der Waals surface area contributed by atoms with Crippen molar-refractivity contribution in [2.24, 2.45) is 5.92 Å². The second kappa shape index (κ2) is 7.28. The molecule has 1 aromatic heterocycles. The Bertz CT molecular complexity index is 714. The molecule has 0 aliphatic carbocycles. The lowest BCUT2D eigenvalue weighted by Crippen LogP contribution is -2.34. The number of rotatable bonds is 5. The van der Waals surface area contributed by atoms with E-state index in [0.717, 1.165) is 5.56 Å². The van der Waals surface area contributed by atoms with Gasteiger partial charge in [0, 0.05) is 30.2 Å². The molecule has 0 aliphatic heterocycles. The number of esters is 1. The maximum absolute atomic E-state index is 12.3. The molecule has 1 amide bonds. The molecule has 1 heterocycles. The number of amides is 1. The Morgan fingerprint density at radius 2 is 2.13 bits per heavy atom. The highest BCUT2D eigenvalue weighted by Crippen LogP contribution is 2.23. The van der Waals surface area contributed by atoms with E-state index < -0.39 is 5.92 Å². The fourth-order valence-corrected chi connectivity index (χ4v) is 2.31. The summed E-state index contributed by atoms with van der Waals surface area (Å²) in [5.41, 5.74) is 1.27. The van der Waals surface area contributed by atoms with E-state index in [1.165, 1.54) is 12.0 Å². The largest absolute Gasteiger partial charge is 0.469 e. The molecule has 2 rings (SSSR count). The first kappa shape index (κ1) is 17.0. The molecular formula is C16H17ClN2O4. The molecule has 6 nitrogen and oxygen atoms in total. The summed E-state index contributed by atoms with van der Waals surface area (Å²) in [6.45, 7) is 1.91. The number of nitrogens with zero attached hydrogens (tertiary/aromatic N) is 2. The molecule has 1 atom stereocenters. The van der Waals surface area contributed by atoms with Crippen LogP contribution in [-0.2, 0) is 9.53 Å². The van der Waals surface area contributed by atoms with Crippen LogP contribution < -0.4 is 0 Å². The number of ether oxygens (including phenoxy) is 1. The number of benzene rings is 1. The van der Waals surface area contributed by atoms with Crippen molar-refractivity contribution in [3.05, 3.63) is 41.1 Å². The van der Waals surface area contributed by atoms with E-state index in [1.807, 2.05) is 6.07 Å². The number of methoxy groups -OCH3 is 1. The van der Waals surface area contributed by atoms with Crippen LogP contribution in [-0.4, -0.2) is 42.6 Å². The first-order chi connectivity index (χ1) is 10.9. The van der Waals surface area contributed by atoms with Gasteiger partial charge < -0.3 is 14.2 Å². The smallest absolute Gasteiger partial charge is 0.310 e. The van der Waals surface area contributed by atoms with Gasteiger partial charge in [0.15, 0.2) is 0 Å². The summed E-state index contributed by atoms with van der Waals surface area (Å²) in [5.74, 6) is -1.06. The predicted molar refractivity (Wildman–Crippen MR) is 85.1 cm³/mol. The van der Waals surface area contributed by atoms with E-state index in [9.17, 15) is 9.59 Å². The summed E-state index contributed by atoms with van der Waals surface area (Å²) in [6, 6.07) is 8.64. The monoisotopic (exact) mass is 336 g/mol. The van der Waals surface area contributed by atoms with Gasteiger partial charge in [0.25, 0.3) is 5.91 Å². The van der Waals surface area contributed by atoms with Crippen molar-refractivity contribution < 1.29 is 18.8 Å². The topological polar surface area (TPSA) is 72.6 Å². The molecule has 1 aromatic carbocycles. The van der Waals surface area contributed by atoms with Crippen molar-refractivity contribution in [3.8, 4) is 11.3 Å². The van der Waals surface area contributed by atoms with Crippen molar-refractivity contribution in [1.29, 1.82) is 0 Å². The average Bonchev–Trinajstić information content (AvgIpc) is 3.03. The molecule has 0 saturated heterocycles. The number of hydrogen-bond donors (Lipinski definition) is 0. The van der Waals surface area contributed by atoms with E-state index in [1.54, 1.807) is 38.2 Å². The maximum atomic E-state index is 12.3. The second-order valence-corrected chi connectivity index (χ2v) is 5.63. The molecule has 0 N–H and O–H groups in total. The summed E-state index contributed by atoms with van der Waals surface area (Å²) in [7, 11) is 2.90. The molecular weight excluding hydrogens is 320 g/mol. The third-order valence-electron chi connectivity index (χ3n) is 3.34. The van der Waals surface area contributed by atoms with Crippen LogP contribution in [0.15, 0.2) is 34.9 Å². The minimum atomic E-state index is -0.427. The lowest BCUT2D eigenvalue weighted by molar-refractivity contribution is -0.145. The Labute approximate surface area is 139 Å². The lowest BCUT2D eigenvalue weighted by Gasteiger charge is -2.18. The summed E-state index contributed by atoms with van der Waals surface area (Å²) >= 11 is 5.94. The summed E-state index contributed by atoms with van der Waals surface area (Å²) in [4.78, 5) is 25.1. The molecule has 2 aromatic rings. The van der Waals surface area contributed by atoms with Crippen LogP contribution in [0.3, 0.4) is 0 Å². The van der Waals surface area contributed by atoms with Crippen molar-refractivity contribution in [3.63, 3.8) is 0 Å². The fraction of sp³-hybridized carbons (Fsp3) is 0.312. The Kier molecular flexibility index (Phi) is 5.39. The Morgan fingerprint density at radius 1 is 1.39 bits per heavy atom. The zero-order valence-electron chi connectivity index (χ0n) is 13.1. The van der Waals surface area contributed by atoms with Crippen molar-refractivity contribution in [2.75, 3.05) is 20.7 Å². The molecule has 0 aliphatic rings. The van der Waals surface area contributed by atoms with Gasteiger partial charge in [-0.2, -0.15) is 0 Å². The van der Waals surface area contributed by atoms with E-state index in [0.29, 0.717) is 10.7 Å². The summed E-state index contributed by atoms with van der Waals surface area (Å²) in [5, 5.41) is 4.46. The van der Waals surface area contributed by atoms with Crippen LogP contribution in [0.4, 0.5) is 0 Å². The molecule has 1 unspecified atom stereocenters. The first-order valence-electron chi connectivity index (χ1n) is 6.98. The Balaban J connectivity index is 2.10. The maximum Gasteiger partial charge on any atom is 0.310 e. The SMILES string of the molecule is COC(=O)C(C)CN(C)C(=O)c1cc(-c2cccc(Cl)c2)no1. The zero-order chi connectivity index (χ0) is 17.0. The third kappa shape index (κ3) is 4.10. The van der Waals surface area contributed by atoms with Gasteiger partial charge >= 0.3 is 5.97 Å². The molecule has 0 radical (unpaired) electrons. The van der Waals surface area contributed by atoms with E-state index in [2.05, 4.69) is 9.89 Å². The first-order valence-corrected chi connectivity index (χ1v) is 7.36. The van der Waals surface area contributed by atoms with Crippen LogP contribution in [0.25, 0.3) is 11.3 Å². The van der Waals surface area contributed by atoms with Gasteiger partial charge in [-0.1, -0.05) is 35.8 Å². The fourth-order valence-electron chi connectivity index (χ4n) is 2.12. The molecule has 0 bridgehead atoms. The predicted octanol–water partition coefficient (Wildman–Crippen LogP) is 2.88. The Hall–Kier alpha value is -2.34. The normalized spacial score (nSPS) is 11.8. The van der Waals surface area contributed by atoms with Gasteiger partial charge in [-0.3, -0.25) is 9.59 Å². The highest BCUT2D eigenvalue weighted by molar-refractivity contribution is 6.30. The van der Waals surface area contributed by atoms with Gasteiger partial charge in [0.1, 0.15) is 5.69 Å². The minimum absolute atomic E-state index is 0.0968. The van der Waals surface area contributed by atoms with Gasteiger partial charge in [0.2, 0.25) is 5.76 Å². The summed E-state index contributed by atoms with van der Waals surface area (Å²) < 4.78 is 9.76. The van der Waals surface area contributed by atoms with Crippen LogP contribution in [0.1, 0.15) is 17.5 Å². The van der Waals surface area contributed by atoms with Crippen LogP contribution in [0.2, 0.25) is 5.02 Å². The highest BCUT2D eigenvalue weighted by Gasteiger charge is 2.22. The third-order valence-corrected chi connectivity index (χ3v) is 3.57. The molecule has 23 heavy (non-hydrogen) atoms. The number of aromatic nitrogens is 1. The lowest BCUT2D eigenvalue weighted by atomic mass is 10.1. The average molecular weight is 337 g/mol. The molecule has 7 heteroatoms. The van der Waals surface area contributed by atoms with Gasteiger partial charge in [-0.15, -0.1) is 0 Å². The van der Waals surface area contributed by atoms with E-state index >= 15 is 0 Å². The number of carbonyl (C=O) groups excluding carboxylic acids is 2. The second-order valence-electron chi connectivity index (χ2n) is 5.20. The van der Waals surface area contributed by atoms with Crippen molar-refractivity contribution >= 4 is 23.5 Å². The highest BCUT2D eigenvalue weighted by atomic mass is 35.5. The number of hydrogen-bond acceptors (Lipinski definition) is 5. The van der Waals surface area contributed by atoms with Crippen molar-refractivity contribution in [1.82, 2.24) is 10.1 Å². The molecule has 122 valence electrons.